The summed E-state index contributed by atoms with van der Waals surface area (Å²) in [5, 5.41) is 10.3. The minimum absolute atomic E-state index is 0.0810. The highest BCUT2D eigenvalue weighted by atomic mass is 19.1. The molecule has 3 aromatic rings. The maximum absolute atomic E-state index is 13.2. The zero-order valence-electron chi connectivity index (χ0n) is 19.2. The number of nitrogens with zero attached hydrogens (tertiary/aromatic N) is 3. The van der Waals surface area contributed by atoms with E-state index in [1.807, 2.05) is 24.4 Å². The van der Waals surface area contributed by atoms with Crippen molar-refractivity contribution in [2.24, 2.45) is 16.6 Å². The lowest BCUT2D eigenvalue weighted by atomic mass is 9.83. The molecule has 3 unspecified atom stereocenters. The predicted molar refractivity (Wildman–Crippen MR) is 132 cm³/mol. The number of benzene rings is 2. The molecule has 4 N–H and O–H groups in total. The molecule has 1 aromatic heterocycles. The second-order valence-electron chi connectivity index (χ2n) is 8.34. The van der Waals surface area contributed by atoms with E-state index >= 15 is 0 Å². The van der Waals surface area contributed by atoms with Gasteiger partial charge in [-0.2, -0.15) is 5.10 Å². The van der Waals surface area contributed by atoms with E-state index < -0.39 is 12.0 Å². The van der Waals surface area contributed by atoms with E-state index in [1.165, 1.54) is 12.1 Å². The highest BCUT2D eigenvalue weighted by molar-refractivity contribution is 5.98. The fourth-order valence-electron chi connectivity index (χ4n) is 4.26. The van der Waals surface area contributed by atoms with Gasteiger partial charge in [-0.1, -0.05) is 18.2 Å². The molecule has 0 saturated heterocycles. The van der Waals surface area contributed by atoms with E-state index in [2.05, 4.69) is 20.7 Å². The number of primary amides is 1. The molecule has 1 aliphatic carbocycles. The molecule has 2 amide bonds. The van der Waals surface area contributed by atoms with Gasteiger partial charge in [0, 0.05) is 36.8 Å². The fraction of sp³-hybridized carbons (Fsp3) is 0.280. The topological polar surface area (TPSA) is 124 Å². The third-order valence-electron chi connectivity index (χ3n) is 5.89. The molecular formula is C25H27FN6O3. The third kappa shape index (κ3) is 6.03. The SMILES string of the molecule is CN=CC1CC(OC(=O)Nc2ccccc2)CCC1n1cc(C(N)=O)c(Nc2ccc(F)cc2)n1. The van der Waals surface area contributed by atoms with Gasteiger partial charge in [-0.25, -0.2) is 9.18 Å². The summed E-state index contributed by atoms with van der Waals surface area (Å²) in [6.07, 6.45) is 4.45. The zero-order chi connectivity index (χ0) is 24.8. The van der Waals surface area contributed by atoms with Crippen LogP contribution in [0.3, 0.4) is 0 Å². The minimum atomic E-state index is -0.629. The Kier molecular flexibility index (Phi) is 7.39. The summed E-state index contributed by atoms with van der Waals surface area (Å²) in [6, 6.07) is 14.7. The standard InChI is InChI=1S/C25H27FN6O3/c1-28-14-16-13-20(35-25(34)30-18-5-3-2-4-6-18)11-12-22(16)32-15-21(23(27)33)24(31-32)29-19-9-7-17(26)8-10-19/h2-10,14-16,20,22H,11-13H2,1H3,(H2,27,33)(H,29,31)(H,30,34). The van der Waals surface area contributed by atoms with Crippen LogP contribution in [0.1, 0.15) is 35.7 Å². The van der Waals surface area contributed by atoms with E-state index in [4.69, 9.17) is 10.5 Å². The number of carbonyl (C=O) groups excluding carboxylic acids is 2. The van der Waals surface area contributed by atoms with Gasteiger partial charge in [0.2, 0.25) is 0 Å². The highest BCUT2D eigenvalue weighted by Gasteiger charge is 2.34. The maximum atomic E-state index is 13.2. The van der Waals surface area contributed by atoms with Gasteiger partial charge in [-0.3, -0.25) is 14.8 Å². The number of nitrogens with two attached hydrogens (primary N) is 1. The Hall–Kier alpha value is -4.21. The van der Waals surface area contributed by atoms with Crippen LogP contribution in [-0.4, -0.2) is 41.1 Å². The van der Waals surface area contributed by atoms with Gasteiger partial charge < -0.3 is 20.8 Å². The summed E-state index contributed by atoms with van der Waals surface area (Å²) < 4.78 is 20.6. The molecule has 0 bridgehead atoms. The van der Waals surface area contributed by atoms with Gasteiger partial charge in [0.05, 0.1) is 6.04 Å². The Balaban J connectivity index is 1.47. The van der Waals surface area contributed by atoms with E-state index in [0.29, 0.717) is 30.6 Å². The first kappa shape index (κ1) is 23.9. The van der Waals surface area contributed by atoms with Crippen LogP contribution in [-0.2, 0) is 4.74 Å². The molecule has 4 rings (SSSR count). The lowest BCUT2D eigenvalue weighted by molar-refractivity contribution is 0.0633. The zero-order valence-corrected chi connectivity index (χ0v) is 19.2. The Morgan fingerprint density at radius 3 is 2.57 bits per heavy atom. The average Bonchev–Trinajstić information content (AvgIpc) is 3.25. The molecular weight excluding hydrogens is 451 g/mol. The number of carbonyl (C=O) groups is 2. The molecule has 182 valence electrons. The lowest BCUT2D eigenvalue weighted by Crippen LogP contribution is -2.34. The molecule has 3 atom stereocenters. The number of hydrogen-bond donors (Lipinski definition) is 3. The summed E-state index contributed by atoms with van der Waals surface area (Å²) in [7, 11) is 1.68. The lowest BCUT2D eigenvalue weighted by Gasteiger charge is -2.33. The molecule has 35 heavy (non-hydrogen) atoms. The Morgan fingerprint density at radius 2 is 1.89 bits per heavy atom. The molecule has 1 saturated carbocycles. The normalized spacial score (nSPS) is 19.9. The van der Waals surface area contributed by atoms with Gasteiger partial charge in [0.25, 0.3) is 5.91 Å². The van der Waals surface area contributed by atoms with Crippen molar-refractivity contribution >= 4 is 35.4 Å². The molecule has 9 nitrogen and oxygen atoms in total. The van der Waals surface area contributed by atoms with E-state index in [1.54, 1.807) is 42.2 Å². The number of amides is 2. The Bertz CT molecular complexity index is 1200. The van der Waals surface area contributed by atoms with Crippen LogP contribution in [0.5, 0.6) is 0 Å². The summed E-state index contributed by atoms with van der Waals surface area (Å²) in [4.78, 5) is 28.6. The summed E-state index contributed by atoms with van der Waals surface area (Å²) >= 11 is 0. The molecule has 0 radical (unpaired) electrons. The van der Waals surface area contributed by atoms with Crippen LogP contribution < -0.4 is 16.4 Å². The van der Waals surface area contributed by atoms with Crippen LogP contribution in [0.4, 0.5) is 26.4 Å². The van der Waals surface area contributed by atoms with Gasteiger partial charge in [-0.05, 0) is 55.7 Å². The molecule has 2 aromatic carbocycles. The van der Waals surface area contributed by atoms with Crippen molar-refractivity contribution in [1.82, 2.24) is 9.78 Å². The Morgan fingerprint density at radius 1 is 1.14 bits per heavy atom. The van der Waals surface area contributed by atoms with Crippen LogP contribution in [0.25, 0.3) is 0 Å². The van der Waals surface area contributed by atoms with Gasteiger partial charge >= 0.3 is 6.09 Å². The first-order chi connectivity index (χ1) is 16.9. The van der Waals surface area contributed by atoms with Crippen molar-refractivity contribution < 1.29 is 18.7 Å². The molecule has 1 heterocycles. The number of ether oxygens (including phenoxy) is 1. The quantitative estimate of drug-likeness (QED) is 0.431. The number of anilines is 3. The largest absolute Gasteiger partial charge is 0.446 e. The van der Waals surface area contributed by atoms with Crippen molar-refractivity contribution in [3.8, 4) is 0 Å². The van der Waals surface area contributed by atoms with Gasteiger partial charge in [-0.15, -0.1) is 0 Å². The second kappa shape index (κ2) is 10.8. The second-order valence-corrected chi connectivity index (χ2v) is 8.34. The van der Waals surface area contributed by atoms with Crippen molar-refractivity contribution in [3.05, 3.63) is 72.2 Å². The summed E-state index contributed by atoms with van der Waals surface area (Å²) in [5.41, 5.74) is 7.05. The van der Waals surface area contributed by atoms with Crippen molar-refractivity contribution in [2.45, 2.75) is 31.4 Å². The highest BCUT2D eigenvalue weighted by Crippen LogP contribution is 2.35. The average molecular weight is 479 g/mol. The first-order valence-corrected chi connectivity index (χ1v) is 11.3. The third-order valence-corrected chi connectivity index (χ3v) is 5.89. The maximum Gasteiger partial charge on any atom is 0.411 e. The number of hydrogen-bond acceptors (Lipinski definition) is 6. The number of nitrogens with one attached hydrogen (secondary N) is 2. The van der Waals surface area contributed by atoms with Crippen molar-refractivity contribution in [2.75, 3.05) is 17.7 Å². The smallest absolute Gasteiger partial charge is 0.411 e. The number of aliphatic imine (C=N–C) groups is 1. The van der Waals surface area contributed by atoms with Gasteiger partial charge in [0.1, 0.15) is 17.5 Å². The number of para-hydroxylation sites is 1. The van der Waals surface area contributed by atoms with Gasteiger partial charge in [0.15, 0.2) is 5.82 Å². The molecule has 10 heteroatoms. The van der Waals surface area contributed by atoms with E-state index in [9.17, 15) is 14.0 Å². The fourth-order valence-corrected chi connectivity index (χ4v) is 4.26. The van der Waals surface area contributed by atoms with Crippen molar-refractivity contribution in [3.63, 3.8) is 0 Å². The summed E-state index contributed by atoms with van der Waals surface area (Å²) in [6.45, 7) is 0. The first-order valence-electron chi connectivity index (χ1n) is 11.3. The minimum Gasteiger partial charge on any atom is -0.446 e. The monoisotopic (exact) mass is 478 g/mol. The predicted octanol–water partition coefficient (Wildman–Crippen LogP) is 4.52. The van der Waals surface area contributed by atoms with Crippen LogP contribution >= 0.6 is 0 Å². The molecule has 1 aliphatic rings. The molecule has 0 spiro atoms. The van der Waals surface area contributed by atoms with Crippen molar-refractivity contribution in [1.29, 1.82) is 0 Å². The Labute approximate surface area is 202 Å². The van der Waals surface area contributed by atoms with E-state index in [0.717, 1.165) is 0 Å². The van der Waals surface area contributed by atoms with Crippen LogP contribution in [0.2, 0.25) is 0 Å². The number of halogens is 1. The number of aromatic nitrogens is 2. The molecule has 1 fully saturated rings. The van der Waals surface area contributed by atoms with E-state index in [-0.39, 0.29) is 35.3 Å². The number of rotatable bonds is 7. The summed E-state index contributed by atoms with van der Waals surface area (Å²) in [5.74, 6) is -0.787. The van der Waals surface area contributed by atoms with Crippen LogP contribution in [0, 0.1) is 11.7 Å². The van der Waals surface area contributed by atoms with Crippen LogP contribution in [0.15, 0.2) is 65.8 Å². The molecule has 0 aliphatic heterocycles.